The van der Waals surface area contributed by atoms with Gasteiger partial charge < -0.3 is 10.4 Å². The van der Waals surface area contributed by atoms with E-state index in [1.54, 1.807) is 12.1 Å². The van der Waals surface area contributed by atoms with E-state index in [9.17, 15) is 22.8 Å². The second-order valence-electron chi connectivity index (χ2n) is 4.98. The van der Waals surface area contributed by atoms with Gasteiger partial charge in [-0.15, -0.1) is 0 Å². The van der Waals surface area contributed by atoms with E-state index < -0.39 is 36.1 Å². The zero-order valence-corrected chi connectivity index (χ0v) is 12.2. The molecule has 24 heavy (non-hydrogen) atoms. The molecule has 5 nitrogen and oxygen atoms in total. The summed E-state index contributed by atoms with van der Waals surface area (Å²) in [6, 6.07) is 6.70. The molecule has 0 fully saturated rings. The average Bonchev–Trinajstić information content (AvgIpc) is 2.52. The van der Waals surface area contributed by atoms with E-state index in [-0.39, 0.29) is 5.56 Å². The van der Waals surface area contributed by atoms with Gasteiger partial charge in [-0.05, 0) is 29.3 Å². The SMILES string of the molecule is O=C(O)CC(=O)NC(c1cccnc1)c1cccc(C(F)(F)F)c1. The number of aromatic nitrogens is 1. The number of pyridine rings is 1. The van der Waals surface area contributed by atoms with Crippen molar-refractivity contribution in [2.24, 2.45) is 0 Å². The molecule has 2 aromatic rings. The lowest BCUT2D eigenvalue weighted by molar-refractivity contribution is -0.141. The van der Waals surface area contributed by atoms with Crippen LogP contribution in [0, 0.1) is 0 Å². The van der Waals surface area contributed by atoms with Gasteiger partial charge in [0.25, 0.3) is 0 Å². The number of rotatable bonds is 5. The van der Waals surface area contributed by atoms with Crippen LogP contribution in [0.5, 0.6) is 0 Å². The van der Waals surface area contributed by atoms with Gasteiger partial charge in [0.2, 0.25) is 5.91 Å². The van der Waals surface area contributed by atoms with E-state index in [1.807, 2.05) is 0 Å². The minimum atomic E-state index is -4.53. The summed E-state index contributed by atoms with van der Waals surface area (Å²) in [4.78, 5) is 26.3. The molecule has 1 aromatic heterocycles. The fourth-order valence-electron chi connectivity index (χ4n) is 2.15. The Morgan fingerprint density at radius 2 is 1.88 bits per heavy atom. The fraction of sp³-hybridized carbons (Fsp3) is 0.188. The van der Waals surface area contributed by atoms with Crippen molar-refractivity contribution in [3.05, 3.63) is 65.5 Å². The Balaban J connectivity index is 2.39. The third-order valence-electron chi connectivity index (χ3n) is 3.18. The average molecular weight is 338 g/mol. The Morgan fingerprint density at radius 1 is 1.17 bits per heavy atom. The largest absolute Gasteiger partial charge is 0.481 e. The van der Waals surface area contributed by atoms with Gasteiger partial charge in [-0.3, -0.25) is 14.6 Å². The van der Waals surface area contributed by atoms with Crippen LogP contribution in [0.25, 0.3) is 0 Å². The highest BCUT2D eigenvalue weighted by molar-refractivity contribution is 5.93. The number of alkyl halides is 3. The molecule has 1 atom stereocenters. The van der Waals surface area contributed by atoms with E-state index in [2.05, 4.69) is 10.3 Å². The standard InChI is InChI=1S/C16H13F3N2O3/c17-16(18,19)12-5-1-3-10(7-12)15(11-4-2-6-20-9-11)21-13(22)8-14(23)24/h1-7,9,15H,8H2,(H,21,22)(H,23,24). The summed E-state index contributed by atoms with van der Waals surface area (Å²) in [5.41, 5.74) is -0.242. The van der Waals surface area contributed by atoms with Crippen molar-refractivity contribution in [2.75, 3.05) is 0 Å². The minimum absolute atomic E-state index is 0.177. The van der Waals surface area contributed by atoms with Crippen LogP contribution < -0.4 is 5.32 Å². The Bertz CT molecular complexity index is 733. The first-order valence-corrected chi connectivity index (χ1v) is 6.85. The van der Waals surface area contributed by atoms with Crippen molar-refractivity contribution in [1.82, 2.24) is 10.3 Å². The van der Waals surface area contributed by atoms with Crippen molar-refractivity contribution in [3.8, 4) is 0 Å². The zero-order valence-electron chi connectivity index (χ0n) is 12.2. The number of halogens is 3. The number of carbonyl (C=O) groups is 2. The first-order valence-electron chi connectivity index (χ1n) is 6.85. The van der Waals surface area contributed by atoms with Crippen LogP contribution >= 0.6 is 0 Å². The van der Waals surface area contributed by atoms with Crippen LogP contribution in [-0.2, 0) is 15.8 Å². The number of benzene rings is 1. The van der Waals surface area contributed by atoms with Gasteiger partial charge >= 0.3 is 12.1 Å². The predicted octanol–water partition coefficient (Wildman–Crippen LogP) is 2.78. The summed E-state index contributed by atoms with van der Waals surface area (Å²) in [7, 11) is 0. The van der Waals surface area contributed by atoms with Crippen molar-refractivity contribution in [3.63, 3.8) is 0 Å². The van der Waals surface area contributed by atoms with Crippen LogP contribution in [0.3, 0.4) is 0 Å². The van der Waals surface area contributed by atoms with E-state index in [1.165, 1.54) is 24.5 Å². The van der Waals surface area contributed by atoms with Crippen LogP contribution in [-0.4, -0.2) is 22.0 Å². The van der Waals surface area contributed by atoms with Gasteiger partial charge in [0.05, 0.1) is 11.6 Å². The van der Waals surface area contributed by atoms with Gasteiger partial charge in [-0.2, -0.15) is 13.2 Å². The third kappa shape index (κ3) is 4.55. The Kier molecular flexibility index (Phi) is 5.18. The number of hydrogen-bond donors (Lipinski definition) is 2. The van der Waals surface area contributed by atoms with E-state index in [0.29, 0.717) is 5.56 Å². The Hall–Kier alpha value is -2.90. The molecule has 1 heterocycles. The molecule has 0 radical (unpaired) electrons. The smallest absolute Gasteiger partial charge is 0.416 e. The molecule has 0 bridgehead atoms. The second-order valence-corrected chi connectivity index (χ2v) is 4.98. The van der Waals surface area contributed by atoms with E-state index in [4.69, 9.17) is 5.11 Å². The fourth-order valence-corrected chi connectivity index (χ4v) is 2.15. The number of nitrogens with one attached hydrogen (secondary N) is 1. The lowest BCUT2D eigenvalue weighted by Gasteiger charge is -2.20. The van der Waals surface area contributed by atoms with Crippen LogP contribution in [0.4, 0.5) is 13.2 Å². The number of hydrogen-bond acceptors (Lipinski definition) is 3. The molecule has 1 unspecified atom stereocenters. The second kappa shape index (κ2) is 7.12. The van der Waals surface area contributed by atoms with Crippen LogP contribution in [0.15, 0.2) is 48.8 Å². The summed E-state index contributed by atoms with van der Waals surface area (Å²) in [6.45, 7) is 0. The molecule has 0 saturated carbocycles. The molecular formula is C16H13F3N2O3. The molecule has 1 aromatic carbocycles. The third-order valence-corrected chi connectivity index (χ3v) is 3.18. The predicted molar refractivity (Wildman–Crippen MR) is 77.9 cm³/mol. The molecule has 126 valence electrons. The van der Waals surface area contributed by atoms with Crippen molar-refractivity contribution in [2.45, 2.75) is 18.6 Å². The summed E-state index contributed by atoms with van der Waals surface area (Å²) >= 11 is 0. The molecular weight excluding hydrogens is 325 g/mol. The van der Waals surface area contributed by atoms with Crippen LogP contribution in [0.1, 0.15) is 29.2 Å². The molecule has 0 spiro atoms. The van der Waals surface area contributed by atoms with Gasteiger partial charge in [-0.1, -0.05) is 18.2 Å². The highest BCUT2D eigenvalue weighted by atomic mass is 19.4. The number of carbonyl (C=O) groups excluding carboxylic acids is 1. The maximum absolute atomic E-state index is 12.9. The molecule has 8 heteroatoms. The highest BCUT2D eigenvalue weighted by Crippen LogP contribution is 2.32. The zero-order chi connectivity index (χ0) is 17.7. The minimum Gasteiger partial charge on any atom is -0.481 e. The first-order chi connectivity index (χ1) is 11.3. The topological polar surface area (TPSA) is 79.3 Å². The van der Waals surface area contributed by atoms with Crippen molar-refractivity contribution >= 4 is 11.9 Å². The monoisotopic (exact) mass is 338 g/mol. The van der Waals surface area contributed by atoms with Gasteiger partial charge in [0.15, 0.2) is 0 Å². The van der Waals surface area contributed by atoms with Crippen molar-refractivity contribution in [1.29, 1.82) is 0 Å². The molecule has 0 aliphatic carbocycles. The first kappa shape index (κ1) is 17.5. The highest BCUT2D eigenvalue weighted by Gasteiger charge is 2.31. The Morgan fingerprint density at radius 3 is 2.46 bits per heavy atom. The van der Waals surface area contributed by atoms with Crippen molar-refractivity contribution < 1.29 is 27.9 Å². The number of aliphatic carboxylic acids is 1. The number of amides is 1. The summed E-state index contributed by atoms with van der Waals surface area (Å²) < 4.78 is 38.7. The summed E-state index contributed by atoms with van der Waals surface area (Å²) in [5.74, 6) is -2.14. The van der Waals surface area contributed by atoms with E-state index >= 15 is 0 Å². The summed E-state index contributed by atoms with van der Waals surface area (Å²) in [5, 5.41) is 11.1. The number of carboxylic acid groups (broad SMARTS) is 1. The maximum Gasteiger partial charge on any atom is 0.416 e. The normalized spacial score (nSPS) is 12.5. The quantitative estimate of drug-likeness (QED) is 0.822. The lowest BCUT2D eigenvalue weighted by atomic mass is 9.98. The van der Waals surface area contributed by atoms with Gasteiger partial charge in [0.1, 0.15) is 6.42 Å². The summed E-state index contributed by atoms with van der Waals surface area (Å²) in [6.07, 6.45) is -2.44. The Labute approximate surface area is 135 Å². The molecule has 0 aliphatic rings. The van der Waals surface area contributed by atoms with Gasteiger partial charge in [0, 0.05) is 12.4 Å². The van der Waals surface area contributed by atoms with E-state index in [0.717, 1.165) is 12.1 Å². The lowest BCUT2D eigenvalue weighted by Crippen LogP contribution is -2.31. The molecule has 0 aliphatic heterocycles. The molecule has 0 saturated heterocycles. The number of nitrogens with zero attached hydrogens (tertiary/aromatic N) is 1. The van der Waals surface area contributed by atoms with Gasteiger partial charge in [-0.25, -0.2) is 0 Å². The molecule has 2 N–H and O–H groups in total. The maximum atomic E-state index is 12.9. The molecule has 2 rings (SSSR count). The number of carboxylic acids is 1. The molecule has 1 amide bonds. The van der Waals surface area contributed by atoms with Crippen LogP contribution in [0.2, 0.25) is 0 Å².